The second kappa shape index (κ2) is 9.48. The van der Waals surface area contributed by atoms with E-state index in [1.165, 1.54) is 19.0 Å². The number of rotatable bonds is 8. The van der Waals surface area contributed by atoms with Crippen molar-refractivity contribution in [2.24, 2.45) is 0 Å². The highest BCUT2D eigenvalue weighted by Crippen LogP contribution is 2.24. The summed E-state index contributed by atoms with van der Waals surface area (Å²) in [4.78, 5) is 27.2. The Balaban J connectivity index is 2.45. The smallest absolute Gasteiger partial charge is 0.247 e. The number of nitrogens with one attached hydrogen (secondary N) is 1. The summed E-state index contributed by atoms with van der Waals surface area (Å²) in [7, 11) is -0.690. The van der Waals surface area contributed by atoms with Gasteiger partial charge in [0.05, 0.1) is 12.8 Å². The van der Waals surface area contributed by atoms with Gasteiger partial charge in [-0.2, -0.15) is 4.31 Å². The quantitative estimate of drug-likeness (QED) is 0.722. The Kier molecular flexibility index (Phi) is 7.31. The molecule has 0 spiro atoms. The molecule has 0 radical (unpaired) electrons. The van der Waals surface area contributed by atoms with E-state index in [1.807, 2.05) is 36.4 Å². The number of hydrogen-bond donors (Lipinski definition) is 1. The summed E-state index contributed by atoms with van der Waals surface area (Å²) < 4.78 is 24.5. The minimum atomic E-state index is -3.54. The summed E-state index contributed by atoms with van der Waals surface area (Å²) in [6.07, 6.45) is 1.04. The van der Waals surface area contributed by atoms with Crippen LogP contribution in [0.4, 0.5) is 0 Å². The van der Waals surface area contributed by atoms with Crippen LogP contribution in [0.3, 0.4) is 0 Å². The van der Waals surface area contributed by atoms with Gasteiger partial charge in [-0.25, -0.2) is 8.42 Å². The Labute approximate surface area is 166 Å². The number of nitrogens with zero attached hydrogens (tertiary/aromatic N) is 2. The first-order chi connectivity index (χ1) is 13.2. The number of carbonyl (C=O) groups is 2. The second-order valence-electron chi connectivity index (χ2n) is 6.45. The maximum Gasteiger partial charge on any atom is 0.247 e. The van der Waals surface area contributed by atoms with Crippen LogP contribution in [0.5, 0.6) is 0 Å². The van der Waals surface area contributed by atoms with Gasteiger partial charge in [0.25, 0.3) is 0 Å². The lowest BCUT2D eigenvalue weighted by Gasteiger charge is -2.32. The predicted octanol–water partition coefficient (Wildman–Crippen LogP) is 1.39. The van der Waals surface area contributed by atoms with Gasteiger partial charge in [-0.3, -0.25) is 9.59 Å². The Morgan fingerprint density at radius 1 is 1.00 bits per heavy atom. The Morgan fingerprint density at radius 2 is 1.54 bits per heavy atom. The lowest BCUT2D eigenvalue weighted by molar-refractivity contribution is -0.141. The van der Waals surface area contributed by atoms with Crippen LogP contribution in [-0.2, 0) is 26.2 Å². The van der Waals surface area contributed by atoms with Crippen LogP contribution < -0.4 is 5.32 Å². The van der Waals surface area contributed by atoms with Crippen LogP contribution in [-0.4, -0.2) is 56.3 Å². The summed E-state index contributed by atoms with van der Waals surface area (Å²) >= 11 is 0. The summed E-state index contributed by atoms with van der Waals surface area (Å²) in [5.74, 6) is -0.813. The van der Waals surface area contributed by atoms with Gasteiger partial charge in [-0.15, -0.1) is 0 Å². The van der Waals surface area contributed by atoms with E-state index in [9.17, 15) is 18.0 Å². The van der Waals surface area contributed by atoms with Crippen molar-refractivity contribution < 1.29 is 18.0 Å². The van der Waals surface area contributed by atoms with E-state index in [4.69, 9.17) is 0 Å². The van der Waals surface area contributed by atoms with E-state index in [0.717, 1.165) is 16.1 Å². The van der Waals surface area contributed by atoms with Gasteiger partial charge in [0.1, 0.15) is 6.04 Å². The van der Waals surface area contributed by atoms with E-state index >= 15 is 0 Å². The lowest BCUT2D eigenvalue weighted by Crippen LogP contribution is -2.46. The molecule has 0 aliphatic rings. The van der Waals surface area contributed by atoms with Crippen molar-refractivity contribution in [3.63, 3.8) is 0 Å². The van der Waals surface area contributed by atoms with Crippen molar-refractivity contribution in [3.05, 3.63) is 71.8 Å². The lowest BCUT2D eigenvalue weighted by atomic mass is 10.0. The van der Waals surface area contributed by atoms with Crippen LogP contribution in [0, 0.1) is 0 Å². The normalized spacial score (nSPS) is 12.4. The van der Waals surface area contributed by atoms with Gasteiger partial charge < -0.3 is 10.2 Å². The molecule has 150 valence electrons. The highest BCUT2D eigenvalue weighted by atomic mass is 32.2. The van der Waals surface area contributed by atoms with Gasteiger partial charge in [0, 0.05) is 20.6 Å². The van der Waals surface area contributed by atoms with Gasteiger partial charge in [0.2, 0.25) is 21.8 Å². The van der Waals surface area contributed by atoms with Gasteiger partial charge in [-0.1, -0.05) is 60.7 Å². The highest BCUT2D eigenvalue weighted by Gasteiger charge is 2.32. The second-order valence-corrected chi connectivity index (χ2v) is 8.54. The zero-order chi connectivity index (χ0) is 20.7. The topological polar surface area (TPSA) is 86.8 Å². The molecule has 1 N–H and O–H groups in total. The average Bonchev–Trinajstić information content (AvgIpc) is 2.68. The molecule has 0 saturated heterocycles. The summed E-state index contributed by atoms with van der Waals surface area (Å²) in [6.45, 7) is -0.184. The molecule has 0 aromatic heterocycles. The van der Waals surface area contributed by atoms with Crippen LogP contribution in [0.2, 0.25) is 0 Å². The van der Waals surface area contributed by atoms with E-state index < -0.39 is 22.0 Å². The first-order valence-electron chi connectivity index (χ1n) is 8.75. The molecule has 2 amide bonds. The van der Waals surface area contributed by atoms with Gasteiger partial charge in [-0.05, 0) is 11.1 Å². The van der Waals surface area contributed by atoms with Crippen molar-refractivity contribution in [1.29, 1.82) is 0 Å². The molecule has 28 heavy (non-hydrogen) atoms. The molecule has 1 atom stereocenters. The molecule has 2 aromatic rings. The minimum absolute atomic E-state index is 0.171. The van der Waals surface area contributed by atoms with E-state index in [-0.39, 0.29) is 19.0 Å². The molecule has 0 bridgehead atoms. The minimum Gasteiger partial charge on any atom is -0.357 e. The molecule has 8 heteroatoms. The van der Waals surface area contributed by atoms with Gasteiger partial charge >= 0.3 is 0 Å². The largest absolute Gasteiger partial charge is 0.357 e. The van der Waals surface area contributed by atoms with E-state index in [1.54, 1.807) is 24.3 Å². The first-order valence-corrected chi connectivity index (χ1v) is 10.6. The molecular weight excluding hydrogens is 378 g/mol. The number of carbonyl (C=O) groups excluding carboxylic acids is 2. The molecule has 0 saturated carbocycles. The molecule has 0 fully saturated rings. The predicted molar refractivity (Wildman–Crippen MR) is 108 cm³/mol. The molecule has 7 nitrogen and oxygen atoms in total. The molecule has 2 rings (SSSR count). The van der Waals surface area contributed by atoms with Crippen LogP contribution in [0.1, 0.15) is 17.2 Å². The van der Waals surface area contributed by atoms with E-state index in [0.29, 0.717) is 5.56 Å². The standard InChI is InChI=1S/C20H25N3O4S/c1-21-20(25)19(17-12-8-5-9-13-17)23(14-16-10-6-4-7-11-16)18(24)15-22(2)28(3,26)27/h4-13,19H,14-15H2,1-3H3,(H,21,25)/t19-/m0/s1. The zero-order valence-electron chi connectivity index (χ0n) is 16.2. The summed E-state index contributed by atoms with van der Waals surface area (Å²) in [6, 6.07) is 17.3. The Bertz CT molecular complexity index is 902. The molecule has 0 unspecified atom stereocenters. The van der Waals surface area contributed by atoms with Crippen molar-refractivity contribution in [2.75, 3.05) is 26.9 Å². The highest BCUT2D eigenvalue weighted by molar-refractivity contribution is 7.88. The van der Waals surface area contributed by atoms with E-state index in [2.05, 4.69) is 5.32 Å². The fourth-order valence-electron chi connectivity index (χ4n) is 2.75. The SMILES string of the molecule is CNC(=O)[C@H](c1ccccc1)N(Cc1ccccc1)C(=O)CN(C)S(C)(=O)=O. The number of amides is 2. The number of sulfonamides is 1. The van der Waals surface area contributed by atoms with Gasteiger partial charge in [0.15, 0.2) is 0 Å². The van der Waals surface area contributed by atoms with Crippen LogP contribution in [0.25, 0.3) is 0 Å². The fourth-order valence-corrected chi connectivity index (χ4v) is 3.09. The number of benzene rings is 2. The first kappa shape index (κ1) is 21.6. The molecule has 0 aliphatic carbocycles. The summed E-state index contributed by atoms with van der Waals surface area (Å²) in [5, 5.41) is 2.60. The monoisotopic (exact) mass is 403 g/mol. The average molecular weight is 404 g/mol. The molecule has 0 heterocycles. The molecular formula is C20H25N3O4S. The number of hydrogen-bond acceptors (Lipinski definition) is 4. The third-order valence-corrected chi connectivity index (χ3v) is 5.62. The molecule has 0 aliphatic heterocycles. The zero-order valence-corrected chi connectivity index (χ0v) is 17.0. The fraction of sp³-hybridized carbons (Fsp3) is 0.300. The molecule has 2 aromatic carbocycles. The Morgan fingerprint density at radius 3 is 2.04 bits per heavy atom. The van der Waals surface area contributed by atoms with Crippen LogP contribution >= 0.6 is 0 Å². The van der Waals surface area contributed by atoms with Crippen molar-refractivity contribution in [3.8, 4) is 0 Å². The Hall–Kier alpha value is -2.71. The van der Waals surface area contributed by atoms with Crippen LogP contribution in [0.15, 0.2) is 60.7 Å². The maximum absolute atomic E-state index is 13.1. The van der Waals surface area contributed by atoms with Crippen molar-refractivity contribution >= 4 is 21.8 Å². The summed E-state index contributed by atoms with van der Waals surface area (Å²) in [5.41, 5.74) is 1.48. The third kappa shape index (κ3) is 5.64. The van der Waals surface area contributed by atoms with Crippen molar-refractivity contribution in [2.45, 2.75) is 12.6 Å². The number of likely N-dealkylation sites (N-methyl/N-ethyl adjacent to an activating group) is 2. The third-order valence-electron chi connectivity index (χ3n) is 4.36. The maximum atomic E-state index is 13.1. The van der Waals surface area contributed by atoms with Crippen molar-refractivity contribution in [1.82, 2.24) is 14.5 Å².